The number of aliphatic hydroxyl groups excluding tert-OH is 1. The third-order valence-corrected chi connectivity index (χ3v) is 4.92. The Morgan fingerprint density at radius 2 is 2.05 bits per heavy atom. The van der Waals surface area contributed by atoms with Crippen molar-refractivity contribution in [3.8, 4) is 0 Å². The molecule has 2 heterocycles. The van der Waals surface area contributed by atoms with E-state index < -0.39 is 0 Å². The number of pyridine rings is 1. The van der Waals surface area contributed by atoms with Gasteiger partial charge in [-0.3, -0.25) is 4.98 Å². The first kappa shape index (κ1) is 15.9. The lowest BCUT2D eigenvalue weighted by Gasteiger charge is -2.15. The molecule has 21 heavy (non-hydrogen) atoms. The average Bonchev–Trinajstić information content (AvgIpc) is 2.97. The lowest BCUT2D eigenvalue weighted by Crippen LogP contribution is -2.20. The molecule has 2 aromatic rings. The van der Waals surface area contributed by atoms with Crippen LogP contribution in [0.1, 0.15) is 42.3 Å². The maximum Gasteiger partial charge on any atom is 0.185 e. The van der Waals surface area contributed by atoms with Crippen molar-refractivity contribution in [3.05, 3.63) is 40.7 Å². The molecule has 1 unspecified atom stereocenters. The van der Waals surface area contributed by atoms with Gasteiger partial charge >= 0.3 is 0 Å². The number of likely N-dealkylation sites (N-methyl/N-ethyl adjacent to an activating group) is 1. The van der Waals surface area contributed by atoms with Gasteiger partial charge in [0.15, 0.2) is 5.13 Å². The second-order valence-electron chi connectivity index (χ2n) is 5.30. The summed E-state index contributed by atoms with van der Waals surface area (Å²) in [5, 5.41) is 10.5. The highest BCUT2D eigenvalue weighted by Crippen LogP contribution is 2.31. The second-order valence-corrected chi connectivity index (χ2v) is 6.36. The molecule has 0 aromatic carbocycles. The zero-order valence-corrected chi connectivity index (χ0v) is 13.7. The van der Waals surface area contributed by atoms with Gasteiger partial charge in [-0.2, -0.15) is 0 Å². The maximum atomic E-state index is 9.51. The molecule has 0 fully saturated rings. The van der Waals surface area contributed by atoms with Crippen LogP contribution >= 0.6 is 11.3 Å². The van der Waals surface area contributed by atoms with Gasteiger partial charge in [0.1, 0.15) is 0 Å². The van der Waals surface area contributed by atoms with Gasteiger partial charge in [-0.15, -0.1) is 0 Å². The van der Waals surface area contributed by atoms with E-state index >= 15 is 0 Å². The van der Waals surface area contributed by atoms with Crippen LogP contribution in [-0.4, -0.2) is 28.7 Å². The fourth-order valence-corrected chi connectivity index (χ4v) is 3.17. The fourth-order valence-electron chi connectivity index (χ4n) is 2.15. The van der Waals surface area contributed by atoms with Crippen molar-refractivity contribution in [2.24, 2.45) is 0 Å². The predicted octanol–water partition coefficient (Wildman–Crippen LogP) is 3.22. The van der Waals surface area contributed by atoms with Gasteiger partial charge < -0.3 is 10.0 Å². The molecule has 0 radical (unpaired) electrons. The fraction of sp³-hybridized carbons (Fsp3) is 0.500. The monoisotopic (exact) mass is 305 g/mol. The largest absolute Gasteiger partial charge is 0.391 e. The van der Waals surface area contributed by atoms with Gasteiger partial charge in [0.2, 0.25) is 0 Å². The molecule has 0 aliphatic carbocycles. The van der Waals surface area contributed by atoms with Crippen molar-refractivity contribution in [1.29, 1.82) is 0 Å². The normalized spacial score (nSPS) is 12.4. The highest BCUT2D eigenvalue weighted by molar-refractivity contribution is 7.15. The Morgan fingerprint density at radius 3 is 2.67 bits per heavy atom. The molecule has 0 amide bonds. The minimum Gasteiger partial charge on any atom is -0.391 e. The Labute approximate surface area is 130 Å². The number of anilines is 1. The Morgan fingerprint density at radius 1 is 1.33 bits per heavy atom. The third-order valence-electron chi connectivity index (χ3n) is 3.75. The van der Waals surface area contributed by atoms with Gasteiger partial charge in [-0.25, -0.2) is 4.98 Å². The molecule has 2 rings (SSSR count). The van der Waals surface area contributed by atoms with E-state index in [0.717, 1.165) is 35.1 Å². The van der Waals surface area contributed by atoms with Crippen LogP contribution < -0.4 is 4.90 Å². The summed E-state index contributed by atoms with van der Waals surface area (Å²) in [5.74, 6) is 0.394. The number of nitrogens with zero attached hydrogens (tertiary/aromatic N) is 3. The van der Waals surface area contributed by atoms with E-state index in [1.807, 2.05) is 24.5 Å². The van der Waals surface area contributed by atoms with E-state index in [4.69, 9.17) is 4.98 Å². The third kappa shape index (κ3) is 4.02. The number of aromatic nitrogens is 2. The smallest absolute Gasteiger partial charge is 0.185 e. The van der Waals surface area contributed by atoms with Gasteiger partial charge in [0, 0.05) is 26.0 Å². The van der Waals surface area contributed by atoms with Gasteiger partial charge in [0.25, 0.3) is 0 Å². The molecule has 0 aliphatic heterocycles. The van der Waals surface area contributed by atoms with Crippen LogP contribution in [0, 0.1) is 0 Å². The summed E-state index contributed by atoms with van der Waals surface area (Å²) in [6.45, 7) is 5.30. The molecule has 0 aliphatic rings. The van der Waals surface area contributed by atoms with Crippen molar-refractivity contribution in [3.63, 3.8) is 0 Å². The van der Waals surface area contributed by atoms with E-state index in [-0.39, 0.29) is 6.61 Å². The molecule has 1 atom stereocenters. The first-order valence-corrected chi connectivity index (χ1v) is 8.17. The summed E-state index contributed by atoms with van der Waals surface area (Å²) in [6, 6.07) is 4.08. The predicted molar refractivity (Wildman–Crippen MR) is 88.0 cm³/mol. The van der Waals surface area contributed by atoms with E-state index in [9.17, 15) is 5.11 Å². The summed E-state index contributed by atoms with van der Waals surface area (Å²) in [5.41, 5.74) is 2.33. The van der Waals surface area contributed by atoms with Crippen molar-refractivity contribution in [2.75, 3.05) is 18.5 Å². The van der Waals surface area contributed by atoms with Crippen LogP contribution in [0.4, 0.5) is 5.13 Å². The minimum atomic E-state index is 0.0789. The highest BCUT2D eigenvalue weighted by Gasteiger charge is 2.17. The molecule has 5 heteroatoms. The molecule has 0 saturated heterocycles. The Bertz CT molecular complexity index is 556. The number of thiazole rings is 1. The van der Waals surface area contributed by atoms with Crippen molar-refractivity contribution in [1.82, 2.24) is 9.97 Å². The molecule has 0 bridgehead atoms. The highest BCUT2D eigenvalue weighted by atomic mass is 32.1. The topological polar surface area (TPSA) is 49.2 Å². The SMILES string of the molecule is CCC(C)c1nc(N(C)CCc2ccncc2)sc1CO. The van der Waals surface area contributed by atoms with Gasteiger partial charge in [0.05, 0.1) is 17.2 Å². The van der Waals surface area contributed by atoms with Crippen LogP contribution in [0.5, 0.6) is 0 Å². The summed E-state index contributed by atoms with van der Waals surface area (Å²) in [4.78, 5) is 11.9. The number of hydrogen-bond acceptors (Lipinski definition) is 5. The first-order chi connectivity index (χ1) is 10.2. The van der Waals surface area contributed by atoms with E-state index in [1.165, 1.54) is 5.56 Å². The zero-order valence-electron chi connectivity index (χ0n) is 12.9. The van der Waals surface area contributed by atoms with Crippen LogP contribution in [0.15, 0.2) is 24.5 Å². The van der Waals surface area contributed by atoms with Gasteiger partial charge in [-0.1, -0.05) is 25.2 Å². The lowest BCUT2D eigenvalue weighted by molar-refractivity contribution is 0.283. The number of rotatable bonds is 7. The van der Waals surface area contributed by atoms with E-state index in [0.29, 0.717) is 5.92 Å². The Hall–Kier alpha value is -1.46. The number of hydrogen-bond donors (Lipinski definition) is 1. The molecule has 1 N–H and O–H groups in total. The van der Waals surface area contributed by atoms with E-state index in [1.54, 1.807) is 11.3 Å². The quantitative estimate of drug-likeness (QED) is 0.853. The van der Waals surface area contributed by atoms with Crippen LogP contribution in [-0.2, 0) is 13.0 Å². The van der Waals surface area contributed by atoms with Crippen LogP contribution in [0.3, 0.4) is 0 Å². The summed E-state index contributed by atoms with van der Waals surface area (Å²) < 4.78 is 0. The van der Waals surface area contributed by atoms with Crippen LogP contribution in [0.2, 0.25) is 0 Å². The molecule has 114 valence electrons. The summed E-state index contributed by atoms with van der Waals surface area (Å²) in [6.07, 6.45) is 5.65. The Kier molecular flexibility index (Phi) is 5.70. The summed E-state index contributed by atoms with van der Waals surface area (Å²) >= 11 is 1.60. The number of aliphatic hydroxyl groups is 1. The van der Waals surface area contributed by atoms with Crippen LogP contribution in [0.25, 0.3) is 0 Å². The Balaban J connectivity index is 2.05. The second kappa shape index (κ2) is 7.52. The van der Waals surface area contributed by atoms with Crippen molar-refractivity contribution < 1.29 is 5.11 Å². The summed E-state index contributed by atoms with van der Waals surface area (Å²) in [7, 11) is 2.06. The first-order valence-electron chi connectivity index (χ1n) is 7.36. The van der Waals surface area contributed by atoms with E-state index in [2.05, 4.69) is 30.8 Å². The van der Waals surface area contributed by atoms with Crippen molar-refractivity contribution in [2.45, 2.75) is 39.2 Å². The molecule has 4 nitrogen and oxygen atoms in total. The maximum absolute atomic E-state index is 9.51. The molecule has 0 saturated carbocycles. The van der Waals surface area contributed by atoms with Gasteiger partial charge in [-0.05, 0) is 36.5 Å². The van der Waals surface area contributed by atoms with Crippen molar-refractivity contribution >= 4 is 16.5 Å². The lowest BCUT2D eigenvalue weighted by atomic mass is 10.0. The molecular formula is C16H23N3OS. The zero-order chi connectivity index (χ0) is 15.2. The average molecular weight is 305 g/mol. The standard InChI is InChI=1S/C16H23N3OS/c1-4-12(2)15-14(11-20)21-16(18-15)19(3)10-7-13-5-8-17-9-6-13/h5-6,8-9,12,20H,4,7,10-11H2,1-3H3. The molecule has 2 aromatic heterocycles. The molecular weight excluding hydrogens is 282 g/mol. The molecule has 0 spiro atoms. The minimum absolute atomic E-state index is 0.0789.